The molecule has 5 heteroatoms. The SMILES string of the molecule is C.Cl.Nc1ccccc1Cc1ccccc1N.c1ccc2c(c1)Cc1ccccc1N2.c1ccc2nc3ccccc3cc2c1. The lowest BCUT2D eigenvalue weighted by Gasteiger charge is -2.20. The van der Waals surface area contributed by atoms with E-state index in [1.807, 2.05) is 84.9 Å². The highest BCUT2D eigenvalue weighted by Crippen LogP contribution is 2.32. The number of nitrogens with one attached hydrogen (secondary N) is 1. The van der Waals surface area contributed by atoms with Crippen LogP contribution in [-0.2, 0) is 12.8 Å². The molecular formula is C40H39ClN4. The molecule has 0 radical (unpaired) electrons. The summed E-state index contributed by atoms with van der Waals surface area (Å²) in [6.07, 6.45) is 1.83. The van der Waals surface area contributed by atoms with Crippen LogP contribution in [0.1, 0.15) is 29.7 Å². The van der Waals surface area contributed by atoms with Gasteiger partial charge < -0.3 is 16.8 Å². The Kier molecular flexibility index (Phi) is 11.2. The molecule has 2 heterocycles. The molecular weight excluding hydrogens is 572 g/mol. The predicted molar refractivity (Wildman–Crippen MR) is 197 cm³/mol. The summed E-state index contributed by atoms with van der Waals surface area (Å²) in [7, 11) is 0. The number of nitrogens with two attached hydrogens (primary N) is 2. The van der Waals surface area contributed by atoms with Crippen molar-refractivity contribution in [2.45, 2.75) is 20.3 Å². The Bertz CT molecular complexity index is 1770. The van der Waals surface area contributed by atoms with Crippen LogP contribution in [0.2, 0.25) is 0 Å². The topological polar surface area (TPSA) is 77.0 Å². The molecule has 226 valence electrons. The quantitative estimate of drug-likeness (QED) is 0.134. The first-order valence-corrected chi connectivity index (χ1v) is 14.5. The summed E-state index contributed by atoms with van der Waals surface area (Å²) in [6, 6.07) is 51.2. The van der Waals surface area contributed by atoms with Gasteiger partial charge in [0.1, 0.15) is 0 Å². The van der Waals surface area contributed by atoms with Crippen molar-refractivity contribution in [1.29, 1.82) is 0 Å². The molecule has 0 fully saturated rings. The monoisotopic (exact) mass is 610 g/mol. The molecule has 1 aliphatic heterocycles. The van der Waals surface area contributed by atoms with Crippen LogP contribution in [-0.4, -0.2) is 4.98 Å². The third-order valence-electron chi connectivity index (χ3n) is 7.60. The summed E-state index contributed by atoms with van der Waals surface area (Å²) in [4.78, 5) is 4.58. The maximum absolute atomic E-state index is 5.88. The van der Waals surface area contributed by atoms with Gasteiger partial charge in [0.15, 0.2) is 0 Å². The number of pyridine rings is 1. The molecule has 0 bridgehead atoms. The highest BCUT2D eigenvalue weighted by Gasteiger charge is 2.12. The van der Waals surface area contributed by atoms with Crippen LogP contribution in [0.4, 0.5) is 22.7 Å². The van der Waals surface area contributed by atoms with Crippen molar-refractivity contribution in [1.82, 2.24) is 4.98 Å². The average molecular weight is 611 g/mol. The van der Waals surface area contributed by atoms with Gasteiger partial charge in [-0.2, -0.15) is 0 Å². The number of hydrogen-bond acceptors (Lipinski definition) is 4. The number of halogens is 1. The van der Waals surface area contributed by atoms with E-state index in [1.54, 1.807) is 0 Å². The van der Waals surface area contributed by atoms with Gasteiger partial charge in [0.05, 0.1) is 11.0 Å². The second-order valence-electron chi connectivity index (χ2n) is 10.6. The number of anilines is 4. The van der Waals surface area contributed by atoms with Gasteiger partial charge in [0, 0.05) is 46.4 Å². The lowest BCUT2D eigenvalue weighted by atomic mass is 9.98. The molecule has 5 N–H and O–H groups in total. The van der Waals surface area contributed by atoms with E-state index in [0.717, 1.165) is 46.4 Å². The predicted octanol–water partition coefficient (Wildman–Crippen LogP) is 10.2. The first kappa shape index (κ1) is 32.6. The van der Waals surface area contributed by atoms with E-state index in [0.29, 0.717) is 0 Å². The highest BCUT2D eigenvalue weighted by molar-refractivity contribution is 5.92. The summed E-state index contributed by atoms with van der Waals surface area (Å²) in [5.41, 5.74) is 23.0. The number of hydrogen-bond donors (Lipinski definition) is 3. The van der Waals surface area contributed by atoms with Crippen molar-refractivity contribution >= 4 is 57.0 Å². The summed E-state index contributed by atoms with van der Waals surface area (Å²) >= 11 is 0. The summed E-state index contributed by atoms with van der Waals surface area (Å²) in [5.74, 6) is 0. The van der Waals surface area contributed by atoms with E-state index in [-0.39, 0.29) is 19.8 Å². The smallest absolute Gasteiger partial charge is 0.0709 e. The van der Waals surface area contributed by atoms with E-state index in [9.17, 15) is 0 Å². The molecule has 1 aromatic heterocycles. The Morgan fingerprint density at radius 3 is 1.40 bits per heavy atom. The highest BCUT2D eigenvalue weighted by atomic mass is 35.5. The summed E-state index contributed by atoms with van der Waals surface area (Å²) in [6.45, 7) is 0. The number of rotatable bonds is 2. The molecule has 0 aliphatic carbocycles. The molecule has 0 atom stereocenters. The molecule has 0 spiro atoms. The zero-order valence-electron chi connectivity index (χ0n) is 24.4. The van der Waals surface area contributed by atoms with Crippen LogP contribution in [0.25, 0.3) is 21.8 Å². The normalized spacial score (nSPS) is 10.7. The van der Waals surface area contributed by atoms with Gasteiger partial charge in [0.2, 0.25) is 0 Å². The second-order valence-corrected chi connectivity index (χ2v) is 10.6. The Labute approximate surface area is 272 Å². The van der Waals surface area contributed by atoms with E-state index < -0.39 is 0 Å². The third kappa shape index (κ3) is 7.99. The minimum atomic E-state index is 0. The average Bonchev–Trinajstić information content (AvgIpc) is 3.05. The van der Waals surface area contributed by atoms with E-state index >= 15 is 0 Å². The van der Waals surface area contributed by atoms with Crippen molar-refractivity contribution in [2.24, 2.45) is 0 Å². The maximum atomic E-state index is 5.88. The number of aromatic nitrogens is 1. The van der Waals surface area contributed by atoms with Crippen molar-refractivity contribution in [2.75, 3.05) is 16.8 Å². The number of nitrogen functional groups attached to an aromatic ring is 2. The van der Waals surface area contributed by atoms with Crippen molar-refractivity contribution in [3.05, 3.63) is 174 Å². The lowest BCUT2D eigenvalue weighted by Crippen LogP contribution is -2.05. The van der Waals surface area contributed by atoms with Gasteiger partial charge in [-0.25, -0.2) is 4.98 Å². The Morgan fingerprint density at radius 1 is 0.511 bits per heavy atom. The van der Waals surface area contributed by atoms with Gasteiger partial charge in [0.25, 0.3) is 0 Å². The molecule has 7 aromatic rings. The molecule has 0 saturated heterocycles. The fraction of sp³-hybridized carbons (Fsp3) is 0.0750. The number of para-hydroxylation sites is 6. The Balaban J connectivity index is 0.000000150. The summed E-state index contributed by atoms with van der Waals surface area (Å²) in [5, 5.41) is 5.84. The molecule has 4 nitrogen and oxygen atoms in total. The Hall–Kier alpha value is -5.32. The molecule has 6 aromatic carbocycles. The fourth-order valence-corrected chi connectivity index (χ4v) is 5.26. The van der Waals surface area contributed by atoms with E-state index in [4.69, 9.17) is 11.5 Å². The lowest BCUT2D eigenvalue weighted by molar-refractivity contribution is 1.16. The van der Waals surface area contributed by atoms with Crippen molar-refractivity contribution < 1.29 is 0 Å². The first-order valence-electron chi connectivity index (χ1n) is 14.5. The minimum absolute atomic E-state index is 0. The number of benzene rings is 6. The van der Waals surface area contributed by atoms with Crippen LogP contribution in [0.3, 0.4) is 0 Å². The van der Waals surface area contributed by atoms with E-state index in [2.05, 4.69) is 77.0 Å². The summed E-state index contributed by atoms with van der Waals surface area (Å²) < 4.78 is 0. The molecule has 0 unspecified atom stereocenters. The van der Waals surface area contributed by atoms with Crippen molar-refractivity contribution in [3.8, 4) is 0 Å². The standard InChI is InChI=1S/C13H14N2.C13H11N.C13H9N.CH4.ClH/c14-12-7-3-1-5-10(12)9-11-6-2-4-8-13(11)15;2*1-3-7-12-10(5-1)9-11-6-2-4-8-13(11)14-12;;/h1-8H,9,14-15H2;1-8,14H,9H2;1-9H;1H4;1H. The second kappa shape index (κ2) is 15.4. The zero-order valence-corrected chi connectivity index (χ0v) is 25.2. The van der Waals surface area contributed by atoms with Crippen LogP contribution < -0.4 is 16.8 Å². The van der Waals surface area contributed by atoms with Gasteiger partial charge in [-0.3, -0.25) is 0 Å². The van der Waals surface area contributed by atoms with Crippen LogP contribution in [0.15, 0.2) is 152 Å². The third-order valence-corrected chi connectivity index (χ3v) is 7.60. The molecule has 45 heavy (non-hydrogen) atoms. The Morgan fingerprint density at radius 2 is 0.911 bits per heavy atom. The van der Waals surface area contributed by atoms with Crippen LogP contribution in [0.5, 0.6) is 0 Å². The largest absolute Gasteiger partial charge is 0.398 e. The fourth-order valence-electron chi connectivity index (χ4n) is 5.26. The minimum Gasteiger partial charge on any atom is -0.398 e. The number of fused-ring (bicyclic) bond motifs is 4. The molecule has 1 aliphatic rings. The zero-order chi connectivity index (χ0) is 29.4. The maximum Gasteiger partial charge on any atom is 0.0709 e. The van der Waals surface area contributed by atoms with Crippen molar-refractivity contribution in [3.63, 3.8) is 0 Å². The van der Waals surface area contributed by atoms with Gasteiger partial charge >= 0.3 is 0 Å². The van der Waals surface area contributed by atoms with Gasteiger partial charge in [-0.1, -0.05) is 117 Å². The van der Waals surface area contributed by atoms with Crippen LogP contribution in [0, 0.1) is 0 Å². The van der Waals surface area contributed by atoms with E-state index in [1.165, 1.54) is 33.3 Å². The molecule has 0 saturated carbocycles. The first-order chi connectivity index (χ1) is 21.1. The van der Waals surface area contributed by atoms with Crippen LogP contribution >= 0.6 is 12.4 Å². The number of nitrogens with zero attached hydrogens (tertiary/aromatic N) is 1. The van der Waals surface area contributed by atoms with Gasteiger partial charge in [-0.05, 0) is 64.7 Å². The van der Waals surface area contributed by atoms with Gasteiger partial charge in [-0.15, -0.1) is 12.4 Å². The molecule has 8 rings (SSSR count). The molecule has 0 amide bonds.